The zero-order valence-electron chi connectivity index (χ0n) is 11.5. The van der Waals surface area contributed by atoms with Crippen LogP contribution in [0.4, 0.5) is 0 Å². The van der Waals surface area contributed by atoms with Gasteiger partial charge in [0, 0.05) is 7.97 Å². The molecule has 1 rings (SSSR count). The highest BCUT2D eigenvalue weighted by Gasteiger charge is 2.00. The molecule has 0 spiro atoms. The predicted molar refractivity (Wildman–Crippen MR) is 75.8 cm³/mol. The van der Waals surface area contributed by atoms with Crippen LogP contribution >= 0.6 is 0 Å². The summed E-state index contributed by atoms with van der Waals surface area (Å²) in [5, 5.41) is 3.37. The molecular formula is C15H27NO. The van der Waals surface area contributed by atoms with Gasteiger partial charge in [-0.1, -0.05) is 39.8 Å². The molecule has 0 fully saturated rings. The Balaban J connectivity index is 0.00000289. The lowest BCUT2D eigenvalue weighted by atomic mass is 10.0. The SMILES string of the molecule is CC(C)CNCCOc1cccc(C(C)C)c1.[HH]. The molecule has 0 unspecified atom stereocenters. The first-order valence-electron chi connectivity index (χ1n) is 6.53. The maximum Gasteiger partial charge on any atom is 0.119 e. The zero-order chi connectivity index (χ0) is 12.7. The Hall–Kier alpha value is -1.02. The van der Waals surface area contributed by atoms with Crippen molar-refractivity contribution in [1.29, 1.82) is 0 Å². The van der Waals surface area contributed by atoms with Gasteiger partial charge in [0.25, 0.3) is 0 Å². The summed E-state index contributed by atoms with van der Waals surface area (Å²) in [5.74, 6) is 2.22. The van der Waals surface area contributed by atoms with Crippen molar-refractivity contribution in [3.05, 3.63) is 29.8 Å². The van der Waals surface area contributed by atoms with E-state index < -0.39 is 0 Å². The highest BCUT2D eigenvalue weighted by Crippen LogP contribution is 2.19. The number of rotatable bonds is 7. The van der Waals surface area contributed by atoms with Gasteiger partial charge in [-0.15, -0.1) is 0 Å². The van der Waals surface area contributed by atoms with Crippen molar-refractivity contribution in [2.24, 2.45) is 5.92 Å². The average molecular weight is 237 g/mol. The number of hydrogen-bond acceptors (Lipinski definition) is 2. The van der Waals surface area contributed by atoms with E-state index in [1.54, 1.807) is 0 Å². The number of benzene rings is 1. The number of hydrogen-bond donors (Lipinski definition) is 1. The summed E-state index contributed by atoms with van der Waals surface area (Å²) in [6.45, 7) is 11.5. The van der Waals surface area contributed by atoms with Gasteiger partial charge in [-0.25, -0.2) is 0 Å². The van der Waals surface area contributed by atoms with E-state index in [0.29, 0.717) is 11.8 Å². The first-order chi connectivity index (χ1) is 8.09. The molecule has 0 aliphatic carbocycles. The van der Waals surface area contributed by atoms with Gasteiger partial charge >= 0.3 is 0 Å². The molecule has 98 valence electrons. The lowest BCUT2D eigenvalue weighted by Gasteiger charge is -2.11. The Kier molecular flexibility index (Phi) is 6.06. The molecule has 0 aliphatic heterocycles. The van der Waals surface area contributed by atoms with Crippen LogP contribution in [0.3, 0.4) is 0 Å². The van der Waals surface area contributed by atoms with Crippen molar-refractivity contribution in [1.82, 2.24) is 5.32 Å². The molecule has 17 heavy (non-hydrogen) atoms. The van der Waals surface area contributed by atoms with Crippen LogP contribution < -0.4 is 10.1 Å². The molecule has 1 aromatic rings. The molecule has 1 N–H and O–H groups in total. The van der Waals surface area contributed by atoms with Gasteiger partial charge in [0.2, 0.25) is 0 Å². The van der Waals surface area contributed by atoms with Crippen LogP contribution in [0.25, 0.3) is 0 Å². The molecule has 0 saturated heterocycles. The van der Waals surface area contributed by atoms with Crippen LogP contribution in [0.15, 0.2) is 24.3 Å². The summed E-state index contributed by atoms with van der Waals surface area (Å²) in [7, 11) is 0. The Morgan fingerprint density at radius 2 is 2.00 bits per heavy atom. The zero-order valence-corrected chi connectivity index (χ0v) is 11.5. The molecular weight excluding hydrogens is 210 g/mol. The number of ether oxygens (including phenoxy) is 1. The average Bonchev–Trinajstić information content (AvgIpc) is 2.28. The topological polar surface area (TPSA) is 21.3 Å². The lowest BCUT2D eigenvalue weighted by molar-refractivity contribution is 0.310. The van der Waals surface area contributed by atoms with Crippen LogP contribution in [0, 0.1) is 5.92 Å². The molecule has 0 aromatic heterocycles. The fraction of sp³-hybridized carbons (Fsp3) is 0.600. The summed E-state index contributed by atoms with van der Waals surface area (Å²) >= 11 is 0. The van der Waals surface area contributed by atoms with Crippen LogP contribution in [0.5, 0.6) is 5.75 Å². The van der Waals surface area contributed by atoms with E-state index in [2.05, 4.69) is 51.2 Å². The molecule has 0 saturated carbocycles. The van der Waals surface area contributed by atoms with Crippen LogP contribution in [-0.4, -0.2) is 19.7 Å². The van der Waals surface area contributed by atoms with Gasteiger partial charge in [0.05, 0.1) is 0 Å². The summed E-state index contributed by atoms with van der Waals surface area (Å²) < 4.78 is 5.72. The van der Waals surface area contributed by atoms with Gasteiger partial charge in [0.15, 0.2) is 0 Å². The van der Waals surface area contributed by atoms with Crippen LogP contribution in [-0.2, 0) is 0 Å². The Labute approximate surface area is 107 Å². The van der Waals surface area contributed by atoms with Gasteiger partial charge < -0.3 is 10.1 Å². The smallest absolute Gasteiger partial charge is 0.119 e. The van der Waals surface area contributed by atoms with Gasteiger partial charge in [-0.2, -0.15) is 0 Å². The third-order valence-electron chi connectivity index (χ3n) is 2.62. The minimum atomic E-state index is 0. The quantitative estimate of drug-likeness (QED) is 0.730. The van der Waals surface area contributed by atoms with Crippen molar-refractivity contribution >= 4 is 0 Å². The van der Waals surface area contributed by atoms with E-state index >= 15 is 0 Å². The minimum absolute atomic E-state index is 0. The Morgan fingerprint density at radius 3 is 2.65 bits per heavy atom. The second-order valence-corrected chi connectivity index (χ2v) is 5.17. The lowest BCUT2D eigenvalue weighted by Crippen LogP contribution is -2.24. The molecule has 2 nitrogen and oxygen atoms in total. The Bertz CT molecular complexity index is 326. The van der Waals surface area contributed by atoms with E-state index in [0.717, 1.165) is 25.4 Å². The number of nitrogens with one attached hydrogen (secondary N) is 1. The molecule has 0 atom stereocenters. The highest BCUT2D eigenvalue weighted by molar-refractivity contribution is 5.30. The van der Waals surface area contributed by atoms with Gasteiger partial charge in [0.1, 0.15) is 12.4 Å². The molecule has 2 heteroatoms. The molecule has 0 heterocycles. The molecule has 0 aliphatic rings. The summed E-state index contributed by atoms with van der Waals surface area (Å²) in [4.78, 5) is 0. The van der Waals surface area contributed by atoms with E-state index in [9.17, 15) is 0 Å². The van der Waals surface area contributed by atoms with Crippen LogP contribution in [0.1, 0.15) is 40.6 Å². The third kappa shape index (κ3) is 5.73. The van der Waals surface area contributed by atoms with E-state index in [4.69, 9.17) is 4.74 Å². The molecule has 0 radical (unpaired) electrons. The standard InChI is InChI=1S/C15H25NO.H2/c1-12(2)11-16-8-9-17-15-7-5-6-14(10-15)13(3)4;/h5-7,10,12-13,16H,8-9,11H2,1-4H3;1H. The van der Waals surface area contributed by atoms with Gasteiger partial charge in [-0.05, 0) is 36.1 Å². The first kappa shape index (κ1) is 14.0. The van der Waals surface area contributed by atoms with E-state index in [1.807, 2.05) is 6.07 Å². The summed E-state index contributed by atoms with van der Waals surface area (Å²) in [6, 6.07) is 8.36. The second-order valence-electron chi connectivity index (χ2n) is 5.17. The van der Waals surface area contributed by atoms with E-state index in [-0.39, 0.29) is 1.43 Å². The monoisotopic (exact) mass is 237 g/mol. The van der Waals surface area contributed by atoms with Crippen molar-refractivity contribution in [3.63, 3.8) is 0 Å². The molecule has 0 bridgehead atoms. The molecule has 0 amide bonds. The predicted octanol–water partition coefficient (Wildman–Crippen LogP) is 3.68. The molecule has 1 aromatic carbocycles. The largest absolute Gasteiger partial charge is 0.492 e. The van der Waals surface area contributed by atoms with Crippen molar-refractivity contribution in [2.75, 3.05) is 19.7 Å². The first-order valence-corrected chi connectivity index (χ1v) is 6.53. The maximum atomic E-state index is 5.72. The van der Waals surface area contributed by atoms with Crippen molar-refractivity contribution < 1.29 is 6.16 Å². The fourth-order valence-electron chi connectivity index (χ4n) is 1.60. The highest BCUT2D eigenvalue weighted by atomic mass is 16.5. The summed E-state index contributed by atoms with van der Waals surface area (Å²) in [6.07, 6.45) is 0. The second kappa shape index (κ2) is 7.33. The van der Waals surface area contributed by atoms with Crippen molar-refractivity contribution in [3.8, 4) is 5.75 Å². The van der Waals surface area contributed by atoms with Crippen molar-refractivity contribution in [2.45, 2.75) is 33.6 Å². The van der Waals surface area contributed by atoms with E-state index in [1.165, 1.54) is 5.56 Å². The third-order valence-corrected chi connectivity index (χ3v) is 2.62. The normalized spacial score (nSPS) is 11.2. The Morgan fingerprint density at radius 1 is 1.24 bits per heavy atom. The fourth-order valence-corrected chi connectivity index (χ4v) is 1.60. The van der Waals surface area contributed by atoms with Gasteiger partial charge in [-0.3, -0.25) is 0 Å². The maximum absolute atomic E-state index is 5.72. The summed E-state index contributed by atoms with van der Waals surface area (Å²) in [5.41, 5.74) is 1.33. The minimum Gasteiger partial charge on any atom is -0.492 e. The van der Waals surface area contributed by atoms with Crippen LogP contribution in [0.2, 0.25) is 0 Å².